The van der Waals surface area contributed by atoms with E-state index in [1.54, 1.807) is 24.0 Å². The Morgan fingerprint density at radius 1 is 1.19 bits per heavy atom. The van der Waals surface area contributed by atoms with Crippen molar-refractivity contribution in [2.75, 3.05) is 6.54 Å². The lowest BCUT2D eigenvalue weighted by atomic mass is 9.84. The molecular weight excluding hydrogens is 413 g/mol. The molecule has 4 nitrogen and oxygen atoms in total. The van der Waals surface area contributed by atoms with Crippen molar-refractivity contribution >= 4 is 22.0 Å². The van der Waals surface area contributed by atoms with Gasteiger partial charge in [0.1, 0.15) is 11.4 Å². The van der Waals surface area contributed by atoms with Crippen LogP contribution in [-0.2, 0) is 10.3 Å². The van der Waals surface area contributed by atoms with Crippen LogP contribution in [0.2, 0.25) is 0 Å². The van der Waals surface area contributed by atoms with Crippen LogP contribution in [0.25, 0.3) is 0 Å². The maximum atomic E-state index is 13.3. The maximum Gasteiger partial charge on any atom is 0.411 e. The van der Waals surface area contributed by atoms with Crippen molar-refractivity contribution in [2.45, 2.75) is 44.4 Å². The number of nitrogens with zero attached hydrogens (tertiary/aromatic N) is 1. The van der Waals surface area contributed by atoms with E-state index in [9.17, 15) is 14.3 Å². The highest BCUT2D eigenvalue weighted by molar-refractivity contribution is 9.10. The van der Waals surface area contributed by atoms with Crippen LogP contribution < -0.4 is 0 Å². The van der Waals surface area contributed by atoms with Crippen molar-refractivity contribution in [2.24, 2.45) is 0 Å². The minimum absolute atomic E-state index is 0.136. The quantitative estimate of drug-likeness (QED) is 0.705. The molecule has 0 bridgehead atoms. The zero-order valence-corrected chi connectivity index (χ0v) is 16.9. The molecule has 1 heterocycles. The summed E-state index contributed by atoms with van der Waals surface area (Å²) >= 11 is 3.42. The number of amides is 1. The fraction of sp³-hybridized carbons (Fsp3) is 0.381. The Balaban J connectivity index is 1.84. The van der Waals surface area contributed by atoms with E-state index in [-0.39, 0.29) is 18.3 Å². The third-order valence-electron chi connectivity index (χ3n) is 5.09. The first-order chi connectivity index (χ1) is 12.8. The van der Waals surface area contributed by atoms with Gasteiger partial charge in [-0.1, -0.05) is 40.2 Å². The molecule has 0 saturated carbocycles. The molecule has 1 fully saturated rings. The lowest BCUT2D eigenvalue weighted by Gasteiger charge is -2.44. The number of hydrogen-bond acceptors (Lipinski definition) is 3. The van der Waals surface area contributed by atoms with Gasteiger partial charge in [-0.05, 0) is 49.2 Å². The molecule has 27 heavy (non-hydrogen) atoms. The molecule has 0 aliphatic carbocycles. The van der Waals surface area contributed by atoms with Gasteiger partial charge >= 0.3 is 6.09 Å². The van der Waals surface area contributed by atoms with Crippen LogP contribution in [0.1, 0.15) is 43.9 Å². The molecule has 1 unspecified atom stereocenters. The minimum atomic E-state index is -0.950. The number of hydrogen-bond donors (Lipinski definition) is 1. The van der Waals surface area contributed by atoms with Crippen LogP contribution >= 0.6 is 15.9 Å². The molecule has 144 valence electrons. The van der Waals surface area contributed by atoms with E-state index in [1.807, 2.05) is 31.2 Å². The summed E-state index contributed by atoms with van der Waals surface area (Å²) in [6.45, 7) is 4.11. The second-order valence-electron chi connectivity index (χ2n) is 7.09. The lowest BCUT2D eigenvalue weighted by molar-refractivity contribution is -0.0815. The molecule has 6 heteroatoms. The average molecular weight is 436 g/mol. The molecule has 0 aromatic heterocycles. The number of rotatable bonds is 5. The van der Waals surface area contributed by atoms with E-state index in [2.05, 4.69) is 15.9 Å². The molecule has 1 saturated heterocycles. The van der Waals surface area contributed by atoms with E-state index >= 15 is 0 Å². The van der Waals surface area contributed by atoms with E-state index in [0.29, 0.717) is 18.5 Å². The fourth-order valence-corrected chi connectivity index (χ4v) is 3.90. The van der Waals surface area contributed by atoms with Crippen LogP contribution in [0.5, 0.6) is 0 Å². The molecule has 2 aromatic rings. The summed E-state index contributed by atoms with van der Waals surface area (Å²) in [5, 5.41) is 9.97. The summed E-state index contributed by atoms with van der Waals surface area (Å²) in [7, 11) is 0. The Labute approximate surface area is 167 Å². The average Bonchev–Trinajstić information content (AvgIpc) is 2.62. The minimum Gasteiger partial charge on any atom is -0.438 e. The van der Waals surface area contributed by atoms with E-state index in [0.717, 1.165) is 10.0 Å². The summed E-state index contributed by atoms with van der Waals surface area (Å²) in [5.74, 6) is -0.349. The van der Waals surface area contributed by atoms with E-state index in [1.165, 1.54) is 12.1 Å². The van der Waals surface area contributed by atoms with E-state index in [4.69, 9.17) is 4.74 Å². The monoisotopic (exact) mass is 435 g/mol. The second kappa shape index (κ2) is 7.98. The smallest absolute Gasteiger partial charge is 0.411 e. The molecule has 2 aromatic carbocycles. The van der Waals surface area contributed by atoms with Crippen LogP contribution in [0, 0.1) is 5.82 Å². The summed E-state index contributed by atoms with van der Waals surface area (Å²) in [4.78, 5) is 14.5. The van der Waals surface area contributed by atoms with Gasteiger partial charge in [0.2, 0.25) is 0 Å². The van der Waals surface area contributed by atoms with Crippen molar-refractivity contribution in [3.8, 4) is 0 Å². The topological polar surface area (TPSA) is 49.8 Å². The molecule has 1 N–H and O–H groups in total. The predicted octanol–water partition coefficient (Wildman–Crippen LogP) is 5.16. The van der Waals surface area contributed by atoms with Crippen molar-refractivity contribution < 1.29 is 19.0 Å². The zero-order valence-electron chi connectivity index (χ0n) is 15.4. The highest BCUT2D eigenvalue weighted by Gasteiger charge is 2.44. The number of carbonyl (C=O) groups is 1. The van der Waals surface area contributed by atoms with Crippen LogP contribution in [0.3, 0.4) is 0 Å². The Morgan fingerprint density at radius 2 is 1.81 bits per heavy atom. The van der Waals surface area contributed by atoms with E-state index < -0.39 is 17.8 Å². The fourth-order valence-electron chi connectivity index (χ4n) is 3.64. The first-order valence-electron chi connectivity index (χ1n) is 9.00. The van der Waals surface area contributed by atoms with Crippen molar-refractivity contribution in [3.63, 3.8) is 0 Å². The molecule has 1 aliphatic rings. The second-order valence-corrected chi connectivity index (χ2v) is 8.01. The largest absolute Gasteiger partial charge is 0.438 e. The number of aliphatic hydroxyl groups excluding tert-OH is 1. The number of aliphatic hydroxyl groups is 1. The van der Waals surface area contributed by atoms with Crippen molar-refractivity contribution in [1.29, 1.82) is 0 Å². The summed E-state index contributed by atoms with van der Waals surface area (Å²) in [6.07, 6.45) is -0.291. The Morgan fingerprint density at radius 3 is 2.37 bits per heavy atom. The summed E-state index contributed by atoms with van der Waals surface area (Å²) in [6, 6.07) is 13.6. The van der Waals surface area contributed by atoms with Gasteiger partial charge in [-0.25, -0.2) is 9.18 Å². The molecule has 0 radical (unpaired) electrons. The predicted molar refractivity (Wildman–Crippen MR) is 105 cm³/mol. The molecule has 1 amide bonds. The Bertz CT molecular complexity index is 794. The van der Waals surface area contributed by atoms with Gasteiger partial charge < -0.3 is 14.7 Å². The number of cyclic esters (lactones) is 1. The first-order valence-corrected chi connectivity index (χ1v) is 9.79. The SMILES string of the molecule is CC(O)C[C@]1(c2ccc(F)cc2)CCN([C@@H](C)c2ccc(Br)cc2)C(=O)O1. The maximum absolute atomic E-state index is 13.3. The third kappa shape index (κ3) is 4.33. The Hall–Kier alpha value is -1.92. The summed E-state index contributed by atoms with van der Waals surface area (Å²) in [5.41, 5.74) is 0.767. The molecule has 3 rings (SSSR count). The lowest BCUT2D eigenvalue weighted by Crippen LogP contribution is -2.49. The van der Waals surface area contributed by atoms with Crippen LogP contribution in [-0.4, -0.2) is 28.7 Å². The van der Waals surface area contributed by atoms with Gasteiger partial charge in [-0.3, -0.25) is 0 Å². The molecule has 0 spiro atoms. The van der Waals surface area contributed by atoms with Crippen LogP contribution in [0.4, 0.5) is 9.18 Å². The highest BCUT2D eigenvalue weighted by atomic mass is 79.9. The molecule has 3 atom stereocenters. The van der Waals surface area contributed by atoms with Gasteiger partial charge in [0, 0.05) is 23.9 Å². The van der Waals surface area contributed by atoms with Crippen molar-refractivity contribution in [1.82, 2.24) is 4.90 Å². The van der Waals surface area contributed by atoms with Gasteiger partial charge in [-0.2, -0.15) is 0 Å². The van der Waals surface area contributed by atoms with Crippen LogP contribution in [0.15, 0.2) is 53.0 Å². The van der Waals surface area contributed by atoms with Gasteiger partial charge in [0.05, 0.1) is 12.1 Å². The Kier molecular flexibility index (Phi) is 5.86. The number of carbonyl (C=O) groups excluding carboxylic acids is 1. The zero-order chi connectivity index (χ0) is 19.6. The molecular formula is C21H23BrFNO3. The van der Waals surface area contributed by atoms with Gasteiger partial charge in [-0.15, -0.1) is 0 Å². The standard InChI is InChI=1S/C21H23BrFNO3/c1-14(25)13-21(17-5-9-19(23)10-6-17)11-12-24(20(26)27-21)15(2)16-3-7-18(22)8-4-16/h3-10,14-15,25H,11-13H2,1-2H3/t14?,15-,21-/m0/s1. The van der Waals surface area contributed by atoms with Crippen molar-refractivity contribution in [3.05, 3.63) is 69.9 Å². The third-order valence-corrected chi connectivity index (χ3v) is 5.62. The first kappa shape index (κ1) is 19.8. The normalized spacial score (nSPS) is 22.3. The number of halogens is 2. The summed E-state index contributed by atoms with van der Waals surface area (Å²) < 4.78 is 20.2. The number of benzene rings is 2. The van der Waals surface area contributed by atoms with Gasteiger partial charge in [0.25, 0.3) is 0 Å². The number of ether oxygens (including phenoxy) is 1. The van der Waals surface area contributed by atoms with Gasteiger partial charge in [0.15, 0.2) is 0 Å². The highest BCUT2D eigenvalue weighted by Crippen LogP contribution is 2.40. The molecule has 1 aliphatic heterocycles.